The molecule has 0 spiro atoms. The first-order valence-electron chi connectivity index (χ1n) is 11.5. The summed E-state index contributed by atoms with van der Waals surface area (Å²) in [6.07, 6.45) is 0.629. The summed E-state index contributed by atoms with van der Waals surface area (Å²) in [7, 11) is 1.28. The Morgan fingerprint density at radius 1 is 1.15 bits per heavy atom. The highest BCUT2D eigenvalue weighted by Crippen LogP contribution is 2.40. The Morgan fingerprint density at radius 2 is 1.88 bits per heavy atom. The Kier molecular flexibility index (Phi) is 7.26. The highest BCUT2D eigenvalue weighted by atomic mass is 19.4. The van der Waals surface area contributed by atoms with Crippen molar-refractivity contribution >= 4 is 6.09 Å². The molecule has 1 saturated carbocycles. The van der Waals surface area contributed by atoms with Gasteiger partial charge in [0.25, 0.3) is 0 Å². The Bertz CT molecular complexity index is 910. The Balaban J connectivity index is 1.45. The highest BCUT2D eigenvalue weighted by Gasteiger charge is 2.43. The SMILES string of the molecule is COC(=O)N1CCCC(c2[nH]ncc2C(F)(F)F)C1COC1CCC(c2ccccc2)CC1. The van der Waals surface area contributed by atoms with Crippen molar-refractivity contribution in [3.63, 3.8) is 0 Å². The van der Waals surface area contributed by atoms with Gasteiger partial charge >= 0.3 is 12.3 Å². The fourth-order valence-corrected chi connectivity index (χ4v) is 5.27. The molecule has 2 fully saturated rings. The molecule has 33 heavy (non-hydrogen) atoms. The predicted molar refractivity (Wildman–Crippen MR) is 116 cm³/mol. The summed E-state index contributed by atoms with van der Waals surface area (Å²) in [5, 5.41) is 6.20. The average Bonchev–Trinajstić information content (AvgIpc) is 3.33. The zero-order valence-electron chi connectivity index (χ0n) is 18.7. The Morgan fingerprint density at radius 3 is 2.55 bits per heavy atom. The van der Waals surface area contributed by atoms with Gasteiger partial charge in [-0.15, -0.1) is 0 Å². The molecule has 180 valence electrons. The Labute approximate surface area is 191 Å². The number of likely N-dealkylation sites (tertiary alicyclic amines) is 1. The molecule has 1 aromatic carbocycles. The van der Waals surface area contributed by atoms with Gasteiger partial charge in [-0.3, -0.25) is 5.10 Å². The first-order valence-corrected chi connectivity index (χ1v) is 11.5. The van der Waals surface area contributed by atoms with Crippen LogP contribution in [0.3, 0.4) is 0 Å². The molecule has 9 heteroatoms. The van der Waals surface area contributed by atoms with Crippen LogP contribution in [0.15, 0.2) is 36.5 Å². The number of hydrogen-bond donors (Lipinski definition) is 1. The molecule has 2 aliphatic rings. The molecule has 2 heterocycles. The van der Waals surface area contributed by atoms with Gasteiger partial charge in [0.2, 0.25) is 0 Å². The smallest absolute Gasteiger partial charge is 0.419 e. The van der Waals surface area contributed by atoms with E-state index in [1.165, 1.54) is 17.6 Å². The predicted octanol–water partition coefficient (Wildman–Crippen LogP) is 5.49. The van der Waals surface area contributed by atoms with Crippen LogP contribution >= 0.6 is 0 Å². The summed E-state index contributed by atoms with van der Waals surface area (Å²) in [5.41, 5.74) is 0.559. The first kappa shape index (κ1) is 23.6. The second kappa shape index (κ2) is 10.2. The molecule has 0 bridgehead atoms. The lowest BCUT2D eigenvalue weighted by molar-refractivity contribution is -0.138. The minimum Gasteiger partial charge on any atom is -0.453 e. The van der Waals surface area contributed by atoms with Crippen molar-refractivity contribution in [2.45, 2.75) is 68.7 Å². The second-order valence-electron chi connectivity index (χ2n) is 8.89. The number of aromatic nitrogens is 2. The number of nitrogens with one attached hydrogen (secondary N) is 1. The van der Waals surface area contributed by atoms with E-state index in [9.17, 15) is 18.0 Å². The molecule has 1 aliphatic heterocycles. The van der Waals surface area contributed by atoms with Crippen LogP contribution in [0.5, 0.6) is 0 Å². The first-order chi connectivity index (χ1) is 15.9. The van der Waals surface area contributed by atoms with Crippen molar-refractivity contribution in [2.24, 2.45) is 0 Å². The van der Waals surface area contributed by atoms with Crippen LogP contribution in [0.2, 0.25) is 0 Å². The molecule has 1 amide bonds. The minimum atomic E-state index is -4.52. The van der Waals surface area contributed by atoms with E-state index in [0.717, 1.165) is 31.9 Å². The molecule has 2 aromatic rings. The maximum absolute atomic E-state index is 13.5. The number of nitrogens with zero attached hydrogens (tertiary/aromatic N) is 2. The molecule has 1 aliphatic carbocycles. The van der Waals surface area contributed by atoms with Gasteiger partial charge in [0.15, 0.2) is 0 Å². The van der Waals surface area contributed by atoms with E-state index < -0.39 is 29.8 Å². The van der Waals surface area contributed by atoms with E-state index in [2.05, 4.69) is 22.3 Å². The number of methoxy groups -OCH3 is 1. The van der Waals surface area contributed by atoms with Crippen LogP contribution in [0, 0.1) is 0 Å². The summed E-state index contributed by atoms with van der Waals surface area (Å²) in [6.45, 7) is 0.587. The Hall–Kier alpha value is -2.55. The number of halogens is 3. The van der Waals surface area contributed by atoms with E-state index in [4.69, 9.17) is 9.47 Å². The van der Waals surface area contributed by atoms with Crippen LogP contribution in [-0.2, 0) is 15.7 Å². The lowest BCUT2D eigenvalue weighted by Crippen LogP contribution is -2.50. The van der Waals surface area contributed by atoms with Gasteiger partial charge < -0.3 is 14.4 Å². The third-order valence-electron chi connectivity index (χ3n) is 6.98. The lowest BCUT2D eigenvalue weighted by Gasteiger charge is -2.41. The number of piperidine rings is 1. The number of carbonyl (C=O) groups excluding carboxylic acids is 1. The molecule has 4 rings (SSSR count). The normalized spacial score (nSPS) is 26.2. The third-order valence-corrected chi connectivity index (χ3v) is 6.98. The summed E-state index contributed by atoms with van der Waals surface area (Å²) in [6, 6.07) is 9.85. The van der Waals surface area contributed by atoms with E-state index in [-0.39, 0.29) is 18.4 Å². The number of ether oxygens (including phenoxy) is 2. The van der Waals surface area contributed by atoms with Crippen LogP contribution in [0.4, 0.5) is 18.0 Å². The summed E-state index contributed by atoms with van der Waals surface area (Å²) in [5.74, 6) is -0.0583. The van der Waals surface area contributed by atoms with E-state index in [0.29, 0.717) is 25.3 Å². The van der Waals surface area contributed by atoms with E-state index in [1.807, 2.05) is 18.2 Å². The van der Waals surface area contributed by atoms with Gasteiger partial charge in [0, 0.05) is 12.5 Å². The zero-order valence-corrected chi connectivity index (χ0v) is 18.7. The fraction of sp³-hybridized carbons (Fsp3) is 0.583. The number of rotatable bonds is 5. The van der Waals surface area contributed by atoms with Gasteiger partial charge in [-0.25, -0.2) is 4.79 Å². The summed E-state index contributed by atoms with van der Waals surface area (Å²) >= 11 is 0. The van der Waals surface area contributed by atoms with Crippen LogP contribution in [0.25, 0.3) is 0 Å². The summed E-state index contributed by atoms with van der Waals surface area (Å²) < 4.78 is 51.8. The molecule has 6 nitrogen and oxygen atoms in total. The van der Waals surface area contributed by atoms with Gasteiger partial charge in [-0.05, 0) is 50.0 Å². The number of benzene rings is 1. The number of alkyl halides is 3. The maximum atomic E-state index is 13.5. The van der Waals surface area contributed by atoms with Crippen molar-refractivity contribution in [3.8, 4) is 0 Å². The number of hydrogen-bond acceptors (Lipinski definition) is 4. The number of aromatic amines is 1. The fourth-order valence-electron chi connectivity index (χ4n) is 5.27. The number of carbonyl (C=O) groups is 1. The quantitative estimate of drug-likeness (QED) is 0.635. The number of H-pyrrole nitrogens is 1. The van der Waals surface area contributed by atoms with Gasteiger partial charge in [0.1, 0.15) is 0 Å². The van der Waals surface area contributed by atoms with E-state index in [1.54, 1.807) is 0 Å². The van der Waals surface area contributed by atoms with Crippen molar-refractivity contribution < 1.29 is 27.4 Å². The van der Waals surface area contributed by atoms with Crippen molar-refractivity contribution in [1.82, 2.24) is 15.1 Å². The maximum Gasteiger partial charge on any atom is 0.419 e. The summed E-state index contributed by atoms with van der Waals surface area (Å²) in [4.78, 5) is 13.9. The largest absolute Gasteiger partial charge is 0.453 e. The highest BCUT2D eigenvalue weighted by molar-refractivity contribution is 5.68. The molecule has 2 atom stereocenters. The molecule has 1 aromatic heterocycles. The third kappa shape index (κ3) is 5.34. The van der Waals surface area contributed by atoms with Crippen LogP contribution in [-0.4, -0.2) is 53.6 Å². The monoisotopic (exact) mass is 465 g/mol. The van der Waals surface area contributed by atoms with Crippen molar-refractivity contribution in [2.75, 3.05) is 20.3 Å². The van der Waals surface area contributed by atoms with Crippen molar-refractivity contribution in [3.05, 3.63) is 53.3 Å². The van der Waals surface area contributed by atoms with Crippen LogP contribution < -0.4 is 0 Å². The molecule has 1 N–H and O–H groups in total. The van der Waals surface area contributed by atoms with Gasteiger partial charge in [-0.1, -0.05) is 30.3 Å². The second-order valence-corrected chi connectivity index (χ2v) is 8.89. The van der Waals surface area contributed by atoms with Gasteiger partial charge in [-0.2, -0.15) is 18.3 Å². The average molecular weight is 466 g/mol. The van der Waals surface area contributed by atoms with Gasteiger partial charge in [0.05, 0.1) is 43.3 Å². The molecule has 2 unspecified atom stereocenters. The van der Waals surface area contributed by atoms with Crippen LogP contribution in [0.1, 0.15) is 67.2 Å². The zero-order chi connectivity index (χ0) is 23.4. The standard InChI is InChI=1S/C24H30F3N3O3/c1-32-23(31)30-13-5-8-19(22-20(14-28-29-22)24(25,26)27)21(30)15-33-18-11-9-17(10-12-18)16-6-3-2-4-7-16/h2-4,6-7,14,17-19,21H,5,8-13,15H2,1H3,(H,28,29). The molecule has 0 radical (unpaired) electrons. The lowest BCUT2D eigenvalue weighted by atomic mass is 9.82. The molecular weight excluding hydrogens is 435 g/mol. The molecular formula is C24H30F3N3O3. The van der Waals surface area contributed by atoms with Crippen molar-refractivity contribution in [1.29, 1.82) is 0 Å². The topological polar surface area (TPSA) is 67.5 Å². The molecule has 1 saturated heterocycles. The minimum absolute atomic E-state index is 0.0116. The number of amides is 1. The van der Waals surface area contributed by atoms with E-state index >= 15 is 0 Å².